The van der Waals surface area contributed by atoms with E-state index in [0.717, 1.165) is 0 Å². The lowest BCUT2D eigenvalue weighted by molar-refractivity contribution is -0.149. The van der Waals surface area contributed by atoms with Crippen molar-refractivity contribution in [3.05, 3.63) is 72.3 Å². The van der Waals surface area contributed by atoms with E-state index < -0.39 is 83.7 Å². The quantitative estimate of drug-likeness (QED) is 0.0266. The average molecular weight is 919 g/mol. The van der Waals surface area contributed by atoms with Crippen LogP contribution in [0.2, 0.25) is 0 Å². The number of carbonyl (C=O) groups is 7. The maximum absolute atomic E-state index is 14.5. The molecule has 1 aliphatic heterocycles. The molecule has 0 radical (unpaired) electrons. The van der Waals surface area contributed by atoms with E-state index in [9.17, 15) is 38.7 Å². The summed E-state index contributed by atoms with van der Waals surface area (Å²) in [6.45, 7) is 7.95. The number of carbonyl (C=O) groups excluding carboxylic acids is 6. The highest BCUT2D eigenvalue weighted by Crippen LogP contribution is 2.21. The van der Waals surface area contributed by atoms with E-state index in [-0.39, 0.29) is 69.4 Å². The fourth-order valence-electron chi connectivity index (χ4n) is 7.61. The number of hydrogen-bond acceptors (Lipinski definition) is 11. The number of rotatable bonds is 26. The standard InChI is InChI=1S/C44H66N14O8/c1-25(2)16-31(38(60)57-35(17-26(3)4)42(64)58-15-9-13-36(58)43(65)66)54-41(63)34(20-29-22-49-24-52-29)56-39(61)32(18-27-10-6-5-7-11-27)55-40(62)33(19-28-21-48-23-51-28)53-37(59)30(45)12-8-14-50-44(46)47/h5-7,10-11,21-26,30-36H,8-9,12-20,45H2,1-4H3,(H,48,51)(H,49,52)(H,53,59)(H,54,63)(H,55,62)(H,56,61)(H,57,60)(H,65,66)(H4,46,47,50)/t30-,31-,32-,33-,34-,35-,36-/m0/s1. The van der Waals surface area contributed by atoms with E-state index in [1.807, 2.05) is 27.7 Å². The number of amides is 6. The number of hydrogen-bond donors (Lipinski definition) is 11. The molecular weight excluding hydrogens is 853 g/mol. The number of imidazole rings is 2. The summed E-state index contributed by atoms with van der Waals surface area (Å²) in [6, 6.07) is 0.799. The molecule has 7 atom stereocenters. The van der Waals surface area contributed by atoms with Crippen molar-refractivity contribution in [1.82, 2.24) is 51.4 Å². The lowest BCUT2D eigenvalue weighted by Gasteiger charge is -2.30. The Hall–Kier alpha value is -6.84. The Morgan fingerprint density at radius 2 is 1.21 bits per heavy atom. The second-order valence-corrected chi connectivity index (χ2v) is 17.4. The van der Waals surface area contributed by atoms with Crippen LogP contribution in [0.4, 0.5) is 0 Å². The third kappa shape index (κ3) is 16.6. The normalized spacial score (nSPS) is 16.3. The van der Waals surface area contributed by atoms with Crippen molar-refractivity contribution in [2.75, 3.05) is 13.1 Å². The van der Waals surface area contributed by atoms with Gasteiger partial charge in [-0.05, 0) is 55.9 Å². The van der Waals surface area contributed by atoms with Gasteiger partial charge in [0, 0.05) is 56.1 Å². The van der Waals surface area contributed by atoms with Crippen LogP contribution in [0, 0.1) is 11.8 Å². The van der Waals surface area contributed by atoms with Crippen LogP contribution in [0.1, 0.15) is 83.2 Å². The SMILES string of the molecule is CC(C)C[C@H](NC(=O)[C@H](Cc1cnc[nH]1)NC(=O)[C@H](Cc1ccccc1)NC(=O)[C@H](Cc1cnc[nH]1)NC(=O)[C@@H](N)CCCN=C(N)N)C(=O)N[C@@H](CC(C)C)C(=O)N1CCC[C@H]1C(=O)O. The predicted molar refractivity (Wildman–Crippen MR) is 244 cm³/mol. The van der Waals surface area contributed by atoms with Gasteiger partial charge in [0.05, 0.1) is 18.7 Å². The highest BCUT2D eigenvalue weighted by Gasteiger charge is 2.39. The van der Waals surface area contributed by atoms with Gasteiger partial charge in [-0.2, -0.15) is 0 Å². The minimum Gasteiger partial charge on any atom is -0.480 e. The summed E-state index contributed by atoms with van der Waals surface area (Å²) in [5.41, 5.74) is 18.6. The average Bonchev–Trinajstić information content (AvgIpc) is 4.08. The molecule has 3 heterocycles. The number of aliphatic carboxylic acids is 1. The number of carboxylic acids is 1. The summed E-state index contributed by atoms with van der Waals surface area (Å²) in [7, 11) is 0. The van der Waals surface area contributed by atoms with E-state index in [1.54, 1.807) is 30.3 Å². The summed E-state index contributed by atoms with van der Waals surface area (Å²) in [4.78, 5) is 115. The molecule has 1 aromatic carbocycles. The number of guanidine groups is 1. The Morgan fingerprint density at radius 1 is 0.727 bits per heavy atom. The summed E-state index contributed by atoms with van der Waals surface area (Å²) in [5, 5.41) is 23.6. The number of nitrogens with two attached hydrogens (primary N) is 3. The first-order valence-electron chi connectivity index (χ1n) is 22.3. The fourth-order valence-corrected chi connectivity index (χ4v) is 7.61. The Kier molecular flexibility index (Phi) is 20.1. The molecule has 360 valence electrons. The largest absolute Gasteiger partial charge is 0.480 e. The van der Waals surface area contributed by atoms with Crippen molar-refractivity contribution in [2.24, 2.45) is 34.0 Å². The van der Waals surface area contributed by atoms with Crippen LogP contribution in [0.5, 0.6) is 0 Å². The first-order chi connectivity index (χ1) is 31.4. The molecule has 4 rings (SSSR count). The second kappa shape index (κ2) is 25.6. The van der Waals surface area contributed by atoms with Crippen molar-refractivity contribution in [1.29, 1.82) is 0 Å². The van der Waals surface area contributed by atoms with Gasteiger partial charge in [0.2, 0.25) is 35.4 Å². The minimum atomic E-state index is -1.32. The topological polar surface area (TPSA) is 351 Å². The van der Waals surface area contributed by atoms with Gasteiger partial charge in [-0.3, -0.25) is 33.8 Å². The van der Waals surface area contributed by atoms with E-state index >= 15 is 0 Å². The number of likely N-dealkylation sites (tertiary alicyclic amines) is 1. The monoisotopic (exact) mass is 919 g/mol. The van der Waals surface area contributed by atoms with Crippen LogP contribution in [-0.2, 0) is 52.8 Å². The molecule has 6 amide bonds. The van der Waals surface area contributed by atoms with Crippen LogP contribution >= 0.6 is 0 Å². The molecule has 66 heavy (non-hydrogen) atoms. The molecule has 0 aliphatic carbocycles. The number of carboxylic acid groups (broad SMARTS) is 1. The maximum atomic E-state index is 14.5. The van der Waals surface area contributed by atoms with Gasteiger partial charge in [-0.15, -0.1) is 0 Å². The Balaban J connectivity index is 1.58. The molecule has 14 N–H and O–H groups in total. The van der Waals surface area contributed by atoms with Gasteiger partial charge in [-0.1, -0.05) is 58.0 Å². The number of nitrogens with one attached hydrogen (secondary N) is 7. The fraction of sp³-hybridized carbons (Fsp3) is 0.545. The van der Waals surface area contributed by atoms with Crippen molar-refractivity contribution in [2.45, 2.75) is 128 Å². The van der Waals surface area contributed by atoms with Gasteiger partial charge in [0.15, 0.2) is 5.96 Å². The van der Waals surface area contributed by atoms with Gasteiger partial charge >= 0.3 is 5.97 Å². The highest BCUT2D eigenvalue weighted by molar-refractivity contribution is 5.97. The molecule has 1 saturated heterocycles. The smallest absolute Gasteiger partial charge is 0.326 e. The summed E-state index contributed by atoms with van der Waals surface area (Å²) >= 11 is 0. The van der Waals surface area contributed by atoms with Crippen LogP contribution in [-0.4, -0.2) is 133 Å². The third-order valence-corrected chi connectivity index (χ3v) is 10.9. The van der Waals surface area contributed by atoms with Crippen molar-refractivity contribution in [3.8, 4) is 0 Å². The molecular formula is C44H66N14O8. The number of aromatic nitrogens is 4. The number of aliphatic imine (C=N–C) groups is 1. The van der Waals surface area contributed by atoms with Crippen LogP contribution in [0.3, 0.4) is 0 Å². The number of H-pyrrole nitrogens is 2. The van der Waals surface area contributed by atoms with Crippen molar-refractivity contribution < 1.29 is 38.7 Å². The number of benzene rings is 1. The van der Waals surface area contributed by atoms with Gasteiger partial charge in [0.25, 0.3) is 0 Å². The van der Waals surface area contributed by atoms with E-state index in [2.05, 4.69) is 51.5 Å². The second-order valence-electron chi connectivity index (χ2n) is 17.4. The predicted octanol–water partition coefficient (Wildman–Crippen LogP) is -0.867. The third-order valence-electron chi connectivity index (χ3n) is 10.9. The van der Waals surface area contributed by atoms with Crippen molar-refractivity contribution in [3.63, 3.8) is 0 Å². The molecule has 0 bridgehead atoms. The maximum Gasteiger partial charge on any atom is 0.326 e. The van der Waals surface area contributed by atoms with Gasteiger partial charge < -0.3 is 63.8 Å². The summed E-state index contributed by atoms with van der Waals surface area (Å²) in [6.07, 6.45) is 7.44. The summed E-state index contributed by atoms with van der Waals surface area (Å²) < 4.78 is 0. The first kappa shape index (κ1) is 51.8. The lowest BCUT2D eigenvalue weighted by atomic mass is 9.99. The molecule has 2 aromatic heterocycles. The molecule has 0 unspecified atom stereocenters. The lowest BCUT2D eigenvalue weighted by Crippen LogP contribution is -2.60. The zero-order valence-corrected chi connectivity index (χ0v) is 38.0. The number of aromatic amines is 2. The van der Waals surface area contributed by atoms with E-state index in [4.69, 9.17) is 17.2 Å². The Morgan fingerprint density at radius 3 is 1.71 bits per heavy atom. The molecule has 22 heteroatoms. The van der Waals surface area contributed by atoms with E-state index in [0.29, 0.717) is 36.2 Å². The zero-order valence-electron chi connectivity index (χ0n) is 38.0. The van der Waals surface area contributed by atoms with Crippen LogP contribution < -0.4 is 43.8 Å². The van der Waals surface area contributed by atoms with Gasteiger partial charge in [0.1, 0.15) is 36.3 Å². The minimum absolute atomic E-state index is 0.0186. The van der Waals surface area contributed by atoms with Crippen LogP contribution in [0.25, 0.3) is 0 Å². The first-order valence-corrected chi connectivity index (χ1v) is 22.3. The summed E-state index contributed by atoms with van der Waals surface area (Å²) in [5.74, 6) is -5.38. The van der Waals surface area contributed by atoms with Gasteiger partial charge in [-0.25, -0.2) is 14.8 Å². The molecule has 3 aromatic rings. The molecule has 1 aliphatic rings. The Bertz CT molecular complexity index is 2080. The molecule has 1 fully saturated rings. The van der Waals surface area contributed by atoms with Crippen LogP contribution in [0.15, 0.2) is 60.4 Å². The highest BCUT2D eigenvalue weighted by atomic mass is 16.4. The molecule has 22 nitrogen and oxygen atoms in total. The Labute approximate surface area is 383 Å². The molecule has 0 spiro atoms. The van der Waals surface area contributed by atoms with Crippen molar-refractivity contribution >= 4 is 47.4 Å². The zero-order chi connectivity index (χ0) is 48.3. The van der Waals surface area contributed by atoms with E-state index in [1.165, 1.54) is 29.9 Å². The molecule has 0 saturated carbocycles. The number of nitrogens with zero attached hydrogens (tertiary/aromatic N) is 4.